The molecule has 0 bridgehead atoms. The van der Waals surface area contributed by atoms with Crippen molar-refractivity contribution in [2.75, 3.05) is 14.1 Å². The number of hydrogen-bond acceptors (Lipinski definition) is 12. The van der Waals surface area contributed by atoms with E-state index in [-0.39, 0.29) is 23.1 Å². The van der Waals surface area contributed by atoms with Crippen LogP contribution in [-0.4, -0.2) is 77.6 Å². The molecule has 0 fully saturated rings. The molecule has 9 aromatic heterocycles. The molecule has 0 saturated heterocycles. The van der Waals surface area contributed by atoms with E-state index in [2.05, 4.69) is 79.1 Å². The van der Waals surface area contributed by atoms with E-state index in [4.69, 9.17) is 11.6 Å². The van der Waals surface area contributed by atoms with Gasteiger partial charge in [0.05, 0.1) is 52.8 Å². The second-order valence-corrected chi connectivity index (χ2v) is 22.2. The minimum atomic E-state index is -1.62. The fraction of sp³-hybridized carbons (Fsp3) is 0.132. The van der Waals surface area contributed by atoms with Gasteiger partial charge in [-0.3, -0.25) is 33.5 Å². The average Bonchev–Trinajstić information content (AvgIpc) is 1.91. The Morgan fingerprint density at radius 2 is 0.705 bits per heavy atom. The number of pyridine rings is 6. The fourth-order valence-corrected chi connectivity index (χ4v) is 10.4. The number of nitrogens with zero attached hydrogens (tertiary/aromatic N) is 9. The Morgan fingerprint density at radius 3 is 1.01 bits per heavy atom. The highest BCUT2D eigenvalue weighted by atomic mass is 35.5. The number of imidazole rings is 3. The molecule has 5 aromatic carbocycles. The average molecular weight is 1290 g/mol. The molecule has 0 spiro atoms. The van der Waals surface area contributed by atoms with E-state index in [1.54, 1.807) is 116 Å². The molecule has 0 aliphatic rings. The van der Waals surface area contributed by atoms with Crippen molar-refractivity contribution >= 4 is 28.5 Å². The van der Waals surface area contributed by atoms with Gasteiger partial charge in [0.15, 0.2) is 11.9 Å². The third-order valence-corrected chi connectivity index (χ3v) is 15.4. The maximum Gasteiger partial charge on any atom is 0.196 e. The summed E-state index contributed by atoms with van der Waals surface area (Å²) in [4.78, 5) is 26.2. The lowest BCUT2D eigenvalue weighted by Crippen LogP contribution is -2.17. The number of alkyl halides is 1. The molecule has 14 aromatic rings. The van der Waals surface area contributed by atoms with Crippen molar-refractivity contribution in [3.63, 3.8) is 0 Å². The zero-order valence-corrected chi connectivity index (χ0v) is 54.0. The molecule has 14 rings (SSSR count). The topological polar surface area (TPSA) is 210 Å². The van der Waals surface area contributed by atoms with Crippen molar-refractivity contribution in [2.24, 2.45) is 5.73 Å². The number of halogens is 4. The van der Waals surface area contributed by atoms with Gasteiger partial charge in [-0.1, -0.05) is 102 Å². The molecule has 0 amide bonds. The number of aliphatic hydroxyl groups is 4. The number of aryl methyl sites for hydroxylation is 5. The standard InChI is InChI=1S/C21H19FN4O.C20H15ClFN3O.C20H16FN3O2.2C7H8.CH5N/c1-13-10-14(5-7-17(13)22)20-16(4-3-9-24-20)15-6-8-19-25-11-18(21(27)23-2)26(19)12-15;1-12-9-13(4-6-16(12)22)19-15(3-2-8-23-19)14-5-7-18-24-10-17(20(21)26)25(18)11-14;1-12-9-13(4-6-16(12)21)19-15(3-2-8-22-19)14-5-7-18-23-10-17(20(25)26)24(18)11-14;2*1-7-5-3-2-4-6-7;1-2/h3-12,21,23,27H,1-2H3;2-11,20,26H,1H3;2-11,20,25-26H,1H3;2*2-6H,1H3;2H2,1H3/t21-;20-;;;;/m11..../s1. The quantitative estimate of drug-likeness (QED) is 0.0558. The maximum atomic E-state index is 13.7. The minimum Gasteiger partial charge on any atom is -0.373 e. The molecule has 2 atom stereocenters. The number of rotatable bonds is 10. The van der Waals surface area contributed by atoms with Crippen LogP contribution in [0.1, 0.15) is 63.0 Å². The summed E-state index contributed by atoms with van der Waals surface area (Å²) in [5.41, 5.74) is 21.2. The van der Waals surface area contributed by atoms with Gasteiger partial charge in [-0.05, 0) is 175 Å². The number of benzene rings is 5. The molecule has 0 saturated carbocycles. The van der Waals surface area contributed by atoms with Crippen molar-refractivity contribution in [1.29, 1.82) is 0 Å². The van der Waals surface area contributed by atoms with Crippen LogP contribution in [-0.2, 0) is 0 Å². The molecular formula is C76H71ClF3N11O4. The van der Waals surface area contributed by atoms with Gasteiger partial charge in [-0.2, -0.15) is 0 Å². The van der Waals surface area contributed by atoms with Gasteiger partial charge in [0.2, 0.25) is 0 Å². The molecular weight excluding hydrogens is 1220 g/mol. The van der Waals surface area contributed by atoms with E-state index >= 15 is 0 Å². The summed E-state index contributed by atoms with van der Waals surface area (Å²) >= 11 is 5.83. The highest BCUT2D eigenvalue weighted by Gasteiger charge is 2.18. The van der Waals surface area contributed by atoms with E-state index in [1.807, 2.05) is 120 Å². The monoisotopic (exact) mass is 1290 g/mol. The van der Waals surface area contributed by atoms with Gasteiger partial charge < -0.3 is 26.2 Å². The van der Waals surface area contributed by atoms with Crippen molar-refractivity contribution in [3.05, 3.63) is 306 Å². The van der Waals surface area contributed by atoms with E-state index in [9.17, 15) is 33.6 Å². The summed E-state index contributed by atoms with van der Waals surface area (Å²) in [5, 5.41) is 41.7. The van der Waals surface area contributed by atoms with Crippen LogP contribution < -0.4 is 11.1 Å². The van der Waals surface area contributed by atoms with Gasteiger partial charge in [0.1, 0.15) is 40.6 Å². The van der Waals surface area contributed by atoms with Crippen LogP contribution in [0.5, 0.6) is 0 Å². The molecule has 0 aliphatic heterocycles. The Bertz CT molecular complexity index is 4640. The molecule has 95 heavy (non-hydrogen) atoms. The third kappa shape index (κ3) is 16.8. The number of aromatic nitrogens is 9. The lowest BCUT2D eigenvalue weighted by molar-refractivity contribution is -0.0464. The Labute approximate surface area is 553 Å². The van der Waals surface area contributed by atoms with Gasteiger partial charge >= 0.3 is 0 Å². The van der Waals surface area contributed by atoms with Crippen molar-refractivity contribution in [2.45, 2.75) is 52.7 Å². The first-order valence-electron chi connectivity index (χ1n) is 30.2. The molecule has 482 valence electrons. The van der Waals surface area contributed by atoms with E-state index in [0.717, 1.165) is 72.8 Å². The summed E-state index contributed by atoms with van der Waals surface area (Å²) in [7, 11) is 3.18. The van der Waals surface area contributed by atoms with Crippen LogP contribution in [0.3, 0.4) is 0 Å². The Morgan fingerprint density at radius 1 is 0.389 bits per heavy atom. The fourth-order valence-electron chi connectivity index (χ4n) is 10.2. The van der Waals surface area contributed by atoms with E-state index < -0.39 is 18.1 Å². The summed E-state index contributed by atoms with van der Waals surface area (Å²) in [5.74, 6) is -0.735. The van der Waals surface area contributed by atoms with Gasteiger partial charge in [-0.25, -0.2) is 28.1 Å². The number of aliphatic hydroxyl groups excluding tert-OH is 3. The summed E-state index contributed by atoms with van der Waals surface area (Å²) in [6.45, 7) is 9.35. The molecule has 0 radical (unpaired) electrons. The first-order chi connectivity index (χ1) is 46.0. The summed E-state index contributed by atoms with van der Waals surface area (Å²) in [6, 6.07) is 58.1. The Kier molecular flexibility index (Phi) is 23.4. The zero-order valence-electron chi connectivity index (χ0n) is 53.2. The van der Waals surface area contributed by atoms with Crippen LogP contribution >= 0.6 is 11.6 Å². The van der Waals surface area contributed by atoms with Gasteiger partial charge in [0.25, 0.3) is 0 Å². The van der Waals surface area contributed by atoms with Crippen LogP contribution in [0.15, 0.2) is 244 Å². The maximum absolute atomic E-state index is 13.7. The van der Waals surface area contributed by atoms with Gasteiger partial charge in [0, 0.05) is 87.3 Å². The number of nitrogens with two attached hydrogens (primary N) is 1. The van der Waals surface area contributed by atoms with Crippen molar-refractivity contribution in [1.82, 2.24) is 48.4 Å². The molecule has 15 nitrogen and oxygen atoms in total. The number of fused-ring (bicyclic) bond motifs is 3. The van der Waals surface area contributed by atoms with Crippen molar-refractivity contribution in [3.8, 4) is 67.2 Å². The first-order valence-corrected chi connectivity index (χ1v) is 30.6. The molecule has 0 unspecified atom stereocenters. The second-order valence-electron chi connectivity index (χ2n) is 21.8. The van der Waals surface area contributed by atoms with Crippen LogP contribution in [0.25, 0.3) is 84.1 Å². The zero-order chi connectivity index (χ0) is 67.7. The molecule has 0 aliphatic carbocycles. The molecule has 19 heteroatoms. The Hall–Kier alpha value is -10.5. The molecule has 9 heterocycles. The van der Waals surface area contributed by atoms with E-state index in [0.29, 0.717) is 39.4 Å². The lowest BCUT2D eigenvalue weighted by Gasteiger charge is -2.12. The Balaban J connectivity index is 0.000000150. The molecule has 7 N–H and O–H groups in total. The number of nitrogens with one attached hydrogen (secondary N) is 1. The smallest absolute Gasteiger partial charge is 0.196 e. The van der Waals surface area contributed by atoms with Gasteiger partial charge in [-0.15, -0.1) is 0 Å². The SMILES string of the molecule is CN.CN[C@H](O)c1cnc2ccc(-c3cccnc3-c3ccc(F)c(C)c3)cn12.Cc1cc(-c2ncccc2-c2ccc3ncc(C(O)O)n3c2)ccc1F.Cc1cc(-c2ncccc2-c2ccc3ncc([C@@H](O)Cl)n3c2)ccc1F.Cc1ccccc1.Cc1ccccc1. The largest absolute Gasteiger partial charge is 0.373 e. The van der Waals surface area contributed by atoms with E-state index in [1.165, 1.54) is 42.6 Å². The second kappa shape index (κ2) is 32.3. The lowest BCUT2D eigenvalue weighted by atomic mass is 9.99. The van der Waals surface area contributed by atoms with Crippen LogP contribution in [0.2, 0.25) is 0 Å². The van der Waals surface area contributed by atoms with Crippen molar-refractivity contribution < 1.29 is 33.6 Å². The number of hydrogen-bond donors (Lipinski definition) is 6. The summed E-state index contributed by atoms with van der Waals surface area (Å²) < 4.78 is 46.2. The van der Waals surface area contributed by atoms with Crippen LogP contribution in [0, 0.1) is 52.1 Å². The predicted octanol–water partition coefficient (Wildman–Crippen LogP) is 15.5. The normalized spacial score (nSPS) is 11.4. The highest BCUT2D eigenvalue weighted by Crippen LogP contribution is 2.35. The highest BCUT2D eigenvalue weighted by molar-refractivity contribution is 6.19. The predicted molar refractivity (Wildman–Crippen MR) is 370 cm³/mol. The summed E-state index contributed by atoms with van der Waals surface area (Å²) in [6.07, 6.45) is 12.9. The van der Waals surface area contributed by atoms with Crippen LogP contribution in [0.4, 0.5) is 13.2 Å². The minimum absolute atomic E-state index is 0.234. The third-order valence-electron chi connectivity index (χ3n) is 15.2. The first kappa shape index (κ1) is 68.8.